The number of nitrogens with one attached hydrogen (secondary N) is 1. The molecule has 2 rings (SSSR count). The lowest BCUT2D eigenvalue weighted by Crippen LogP contribution is -2.11. The lowest BCUT2D eigenvalue weighted by molar-refractivity contribution is 0.700. The van der Waals surface area contributed by atoms with Crippen LogP contribution in [0.25, 0.3) is 0 Å². The summed E-state index contributed by atoms with van der Waals surface area (Å²) in [4.78, 5) is 1.43. The van der Waals surface area contributed by atoms with Gasteiger partial charge in [-0.15, -0.1) is 22.7 Å². The lowest BCUT2D eigenvalue weighted by atomic mass is 10.3. The van der Waals surface area contributed by atoms with Gasteiger partial charge in [0.15, 0.2) is 0 Å². The Morgan fingerprint density at radius 2 is 2.20 bits per heavy atom. The van der Waals surface area contributed by atoms with Gasteiger partial charge >= 0.3 is 0 Å². The van der Waals surface area contributed by atoms with Crippen LogP contribution < -0.4 is 5.32 Å². The van der Waals surface area contributed by atoms with E-state index in [0.29, 0.717) is 0 Å². The summed E-state index contributed by atoms with van der Waals surface area (Å²) in [6.45, 7) is 4.07. The van der Waals surface area contributed by atoms with E-state index in [2.05, 4.69) is 51.1 Å². The monoisotopic (exact) mass is 301 g/mol. The maximum Gasteiger partial charge on any atom is 0.0701 e. The summed E-state index contributed by atoms with van der Waals surface area (Å²) in [5.41, 5.74) is 2.74. The minimum Gasteiger partial charge on any atom is -0.308 e. The van der Waals surface area contributed by atoms with Gasteiger partial charge in [-0.05, 0) is 56.9 Å². The average Bonchev–Trinajstić information content (AvgIpc) is 2.77. The summed E-state index contributed by atoms with van der Waals surface area (Å²) in [6, 6.07) is 4.34. The van der Waals surface area contributed by atoms with E-state index in [1.54, 1.807) is 11.3 Å². The van der Waals surface area contributed by atoms with Crippen molar-refractivity contribution in [2.45, 2.75) is 20.0 Å². The summed E-state index contributed by atoms with van der Waals surface area (Å²) in [7, 11) is 0. The second kappa shape index (κ2) is 5.25. The van der Waals surface area contributed by atoms with Gasteiger partial charge in [0.25, 0.3) is 0 Å². The smallest absolute Gasteiger partial charge is 0.0701 e. The molecule has 0 fully saturated rings. The Morgan fingerprint density at radius 1 is 1.33 bits per heavy atom. The Kier molecular flexibility index (Phi) is 3.97. The van der Waals surface area contributed by atoms with Crippen molar-refractivity contribution in [3.05, 3.63) is 42.7 Å². The topological polar surface area (TPSA) is 12.0 Å². The third-order valence-corrected chi connectivity index (χ3v) is 4.78. The van der Waals surface area contributed by atoms with E-state index >= 15 is 0 Å². The highest BCUT2D eigenvalue weighted by molar-refractivity contribution is 9.11. The van der Waals surface area contributed by atoms with Crippen molar-refractivity contribution in [1.82, 2.24) is 5.32 Å². The van der Waals surface area contributed by atoms with Crippen LogP contribution in [0.2, 0.25) is 0 Å². The zero-order valence-corrected chi connectivity index (χ0v) is 11.6. The molecule has 0 atom stereocenters. The lowest BCUT2D eigenvalue weighted by Gasteiger charge is -2.02. The maximum atomic E-state index is 3.47. The van der Waals surface area contributed by atoms with Crippen LogP contribution in [0.15, 0.2) is 26.7 Å². The van der Waals surface area contributed by atoms with E-state index in [9.17, 15) is 0 Å². The van der Waals surface area contributed by atoms with Crippen LogP contribution in [0, 0.1) is 6.92 Å². The van der Waals surface area contributed by atoms with E-state index in [1.807, 2.05) is 11.3 Å². The molecule has 0 radical (unpaired) electrons. The molecule has 2 aromatic heterocycles. The molecule has 0 amide bonds. The summed E-state index contributed by atoms with van der Waals surface area (Å²) < 4.78 is 1.20. The summed E-state index contributed by atoms with van der Waals surface area (Å²) in [5.74, 6) is 0. The van der Waals surface area contributed by atoms with Gasteiger partial charge in [-0.25, -0.2) is 0 Å². The highest BCUT2D eigenvalue weighted by Crippen LogP contribution is 2.21. The first-order valence-electron chi connectivity index (χ1n) is 4.72. The van der Waals surface area contributed by atoms with E-state index < -0.39 is 0 Å². The maximum absolute atomic E-state index is 3.47. The molecule has 0 bridgehead atoms. The van der Waals surface area contributed by atoms with Crippen LogP contribution in [0.4, 0.5) is 0 Å². The van der Waals surface area contributed by atoms with Crippen LogP contribution >= 0.6 is 38.6 Å². The van der Waals surface area contributed by atoms with Crippen LogP contribution in [0.3, 0.4) is 0 Å². The Bertz CT molecular complexity index is 433. The zero-order chi connectivity index (χ0) is 10.7. The first kappa shape index (κ1) is 11.3. The standard InChI is InChI=1S/C11H12BrNS2/c1-8-2-3-14-10(8)6-13-5-9-4-11(12)15-7-9/h2-4,7,13H,5-6H2,1H3. The minimum atomic E-state index is 0.944. The van der Waals surface area contributed by atoms with Gasteiger partial charge < -0.3 is 5.32 Å². The Labute approximate surface area is 106 Å². The van der Waals surface area contributed by atoms with Crippen LogP contribution in [0.1, 0.15) is 16.0 Å². The first-order chi connectivity index (χ1) is 7.25. The van der Waals surface area contributed by atoms with Gasteiger partial charge in [-0.3, -0.25) is 0 Å². The fourth-order valence-electron chi connectivity index (χ4n) is 1.34. The third-order valence-electron chi connectivity index (χ3n) is 2.20. The van der Waals surface area contributed by atoms with Crippen molar-refractivity contribution >= 4 is 38.6 Å². The largest absolute Gasteiger partial charge is 0.308 e. The summed E-state index contributed by atoms with van der Waals surface area (Å²) in [5, 5.41) is 7.78. The van der Waals surface area contributed by atoms with Crippen molar-refractivity contribution in [3.63, 3.8) is 0 Å². The van der Waals surface area contributed by atoms with Gasteiger partial charge in [0.05, 0.1) is 3.79 Å². The SMILES string of the molecule is Cc1ccsc1CNCc1csc(Br)c1. The van der Waals surface area contributed by atoms with Crippen molar-refractivity contribution in [2.24, 2.45) is 0 Å². The molecule has 2 heterocycles. The molecule has 15 heavy (non-hydrogen) atoms. The molecule has 0 aliphatic rings. The summed E-state index contributed by atoms with van der Waals surface area (Å²) >= 11 is 7.02. The fourth-order valence-corrected chi connectivity index (χ4v) is 3.43. The number of thiophene rings is 2. The average molecular weight is 302 g/mol. The van der Waals surface area contributed by atoms with E-state index in [1.165, 1.54) is 19.8 Å². The number of rotatable bonds is 4. The van der Waals surface area contributed by atoms with Gasteiger partial charge in [0, 0.05) is 18.0 Å². The molecule has 0 aliphatic heterocycles. The zero-order valence-electron chi connectivity index (χ0n) is 8.42. The van der Waals surface area contributed by atoms with Gasteiger partial charge in [0.1, 0.15) is 0 Å². The van der Waals surface area contributed by atoms with Crippen molar-refractivity contribution in [3.8, 4) is 0 Å². The number of hydrogen-bond donors (Lipinski definition) is 1. The molecular weight excluding hydrogens is 290 g/mol. The molecule has 0 unspecified atom stereocenters. The van der Waals surface area contributed by atoms with Gasteiger partial charge in [0.2, 0.25) is 0 Å². The van der Waals surface area contributed by atoms with Crippen molar-refractivity contribution in [2.75, 3.05) is 0 Å². The number of aryl methyl sites for hydroxylation is 1. The van der Waals surface area contributed by atoms with E-state index in [-0.39, 0.29) is 0 Å². The fraction of sp³-hybridized carbons (Fsp3) is 0.273. The molecule has 0 saturated carbocycles. The normalized spacial score (nSPS) is 10.8. The highest BCUT2D eigenvalue weighted by Gasteiger charge is 2.00. The van der Waals surface area contributed by atoms with E-state index in [4.69, 9.17) is 0 Å². The second-order valence-electron chi connectivity index (χ2n) is 3.39. The Morgan fingerprint density at radius 3 is 2.80 bits per heavy atom. The third kappa shape index (κ3) is 3.14. The Balaban J connectivity index is 1.83. The molecule has 1 N–H and O–H groups in total. The quantitative estimate of drug-likeness (QED) is 0.894. The molecule has 0 saturated heterocycles. The summed E-state index contributed by atoms with van der Waals surface area (Å²) in [6.07, 6.45) is 0. The van der Waals surface area contributed by atoms with Crippen LogP contribution in [-0.4, -0.2) is 0 Å². The molecule has 80 valence electrons. The molecule has 0 aliphatic carbocycles. The molecule has 2 aromatic rings. The molecule has 0 spiro atoms. The van der Waals surface area contributed by atoms with Crippen molar-refractivity contribution < 1.29 is 0 Å². The predicted octanol–water partition coefficient (Wildman–Crippen LogP) is 4.17. The first-order valence-corrected chi connectivity index (χ1v) is 7.27. The van der Waals surface area contributed by atoms with Gasteiger partial charge in [-0.1, -0.05) is 0 Å². The van der Waals surface area contributed by atoms with Crippen LogP contribution in [-0.2, 0) is 13.1 Å². The van der Waals surface area contributed by atoms with Crippen molar-refractivity contribution in [1.29, 1.82) is 0 Å². The predicted molar refractivity (Wildman–Crippen MR) is 71.6 cm³/mol. The molecule has 1 nitrogen and oxygen atoms in total. The van der Waals surface area contributed by atoms with E-state index in [0.717, 1.165) is 13.1 Å². The van der Waals surface area contributed by atoms with Crippen LogP contribution in [0.5, 0.6) is 0 Å². The Hall–Kier alpha value is -0.160. The number of halogens is 1. The highest BCUT2D eigenvalue weighted by atomic mass is 79.9. The molecule has 4 heteroatoms. The number of hydrogen-bond acceptors (Lipinski definition) is 3. The molecular formula is C11H12BrNS2. The van der Waals surface area contributed by atoms with Gasteiger partial charge in [-0.2, -0.15) is 0 Å². The molecule has 0 aromatic carbocycles. The minimum absolute atomic E-state index is 0.944. The second-order valence-corrected chi connectivity index (χ2v) is 6.68.